The Kier molecular flexibility index (Phi) is 4.72. The normalized spacial score (nSPS) is 18.7. The van der Waals surface area contributed by atoms with Crippen molar-refractivity contribution in [3.8, 4) is 11.1 Å². The van der Waals surface area contributed by atoms with Crippen LogP contribution >= 0.6 is 0 Å². The number of anilines is 3. The summed E-state index contributed by atoms with van der Waals surface area (Å²) in [5, 5.41) is 4.45. The molecule has 0 bridgehead atoms. The highest BCUT2D eigenvalue weighted by Crippen LogP contribution is 2.43. The Balaban J connectivity index is 1.81. The molecule has 0 unspecified atom stereocenters. The number of hydrogen-bond donors (Lipinski definition) is 1. The second-order valence-electron chi connectivity index (χ2n) is 8.15. The van der Waals surface area contributed by atoms with Gasteiger partial charge in [0.1, 0.15) is 0 Å². The fourth-order valence-electron chi connectivity index (χ4n) is 3.87. The number of carbonyl (C=O) groups is 2. The van der Waals surface area contributed by atoms with Crippen LogP contribution in [0.1, 0.15) is 46.6 Å². The fraction of sp³-hybridized carbons (Fsp3) is 0.476. The van der Waals surface area contributed by atoms with Crippen molar-refractivity contribution in [3.05, 3.63) is 24.5 Å². The number of fused-ring (bicyclic) bond motifs is 1. The van der Waals surface area contributed by atoms with E-state index in [0.717, 1.165) is 24.0 Å². The zero-order valence-corrected chi connectivity index (χ0v) is 17.3. The van der Waals surface area contributed by atoms with Gasteiger partial charge in [0.05, 0.1) is 35.8 Å². The van der Waals surface area contributed by atoms with Gasteiger partial charge < -0.3 is 15.4 Å². The molecule has 2 aliphatic rings. The second-order valence-corrected chi connectivity index (χ2v) is 8.15. The molecule has 0 radical (unpaired) electrons. The molecule has 1 fully saturated rings. The molecule has 2 heterocycles. The molecule has 1 aliphatic heterocycles. The molecule has 0 spiro atoms. The molecule has 154 valence electrons. The van der Waals surface area contributed by atoms with E-state index in [1.54, 1.807) is 22.1 Å². The topological polar surface area (TPSA) is 93.7 Å². The highest BCUT2D eigenvalue weighted by atomic mass is 16.6. The lowest BCUT2D eigenvalue weighted by Gasteiger charge is -2.40. The Hall–Kier alpha value is -3.03. The van der Waals surface area contributed by atoms with E-state index < -0.39 is 6.09 Å². The van der Waals surface area contributed by atoms with Crippen molar-refractivity contribution >= 4 is 29.1 Å². The Bertz CT molecular complexity index is 963. The largest absolute Gasteiger partial charge is 0.446 e. The molecule has 1 aromatic carbocycles. The van der Waals surface area contributed by atoms with Crippen molar-refractivity contribution in [1.82, 2.24) is 9.78 Å². The van der Waals surface area contributed by atoms with E-state index in [-0.39, 0.29) is 18.1 Å². The van der Waals surface area contributed by atoms with Crippen LogP contribution in [0.5, 0.6) is 0 Å². The summed E-state index contributed by atoms with van der Waals surface area (Å²) in [4.78, 5) is 28.4. The van der Waals surface area contributed by atoms with Crippen LogP contribution in [0.3, 0.4) is 0 Å². The van der Waals surface area contributed by atoms with Gasteiger partial charge in [0.25, 0.3) is 0 Å². The number of nitrogens with zero attached hydrogens (tertiary/aromatic N) is 4. The number of ether oxygens (including phenoxy) is 1. The summed E-state index contributed by atoms with van der Waals surface area (Å²) in [5.74, 6) is -0.0932. The quantitative estimate of drug-likeness (QED) is 0.799. The Labute approximate surface area is 170 Å². The summed E-state index contributed by atoms with van der Waals surface area (Å²) in [6.07, 6.45) is 5.39. The molecule has 4 rings (SSSR count). The number of rotatable bonds is 3. The van der Waals surface area contributed by atoms with E-state index in [2.05, 4.69) is 5.10 Å². The molecular weight excluding hydrogens is 370 g/mol. The van der Waals surface area contributed by atoms with E-state index in [1.807, 2.05) is 37.7 Å². The van der Waals surface area contributed by atoms with Gasteiger partial charge in [0.15, 0.2) is 0 Å². The first kappa shape index (κ1) is 19.3. The zero-order valence-electron chi connectivity index (χ0n) is 17.3. The minimum Gasteiger partial charge on any atom is -0.446 e. The number of nitrogens with two attached hydrogens (primary N) is 1. The van der Waals surface area contributed by atoms with Gasteiger partial charge in [-0.1, -0.05) is 0 Å². The van der Waals surface area contributed by atoms with Crippen LogP contribution in [-0.4, -0.2) is 40.5 Å². The number of benzene rings is 1. The Morgan fingerprint density at radius 2 is 1.97 bits per heavy atom. The van der Waals surface area contributed by atoms with Crippen LogP contribution in [0, 0.1) is 0 Å². The summed E-state index contributed by atoms with van der Waals surface area (Å²) in [5.41, 5.74) is 9.83. The van der Waals surface area contributed by atoms with Crippen LogP contribution in [0.15, 0.2) is 24.5 Å². The lowest BCUT2D eigenvalue weighted by molar-refractivity contribution is -0.117. The van der Waals surface area contributed by atoms with Crippen molar-refractivity contribution in [2.75, 3.05) is 22.1 Å². The van der Waals surface area contributed by atoms with Crippen molar-refractivity contribution in [1.29, 1.82) is 0 Å². The van der Waals surface area contributed by atoms with Gasteiger partial charge in [-0.15, -0.1) is 0 Å². The monoisotopic (exact) mass is 397 g/mol. The Morgan fingerprint density at radius 1 is 1.24 bits per heavy atom. The average molecular weight is 397 g/mol. The maximum Gasteiger partial charge on any atom is 0.414 e. The van der Waals surface area contributed by atoms with Crippen molar-refractivity contribution in [2.24, 2.45) is 0 Å². The van der Waals surface area contributed by atoms with Gasteiger partial charge in [-0.3, -0.25) is 14.4 Å². The molecule has 1 saturated carbocycles. The predicted octanol–water partition coefficient (Wildman–Crippen LogP) is 3.57. The van der Waals surface area contributed by atoms with Crippen LogP contribution in [0.2, 0.25) is 0 Å². The SMILES string of the molecule is CC(=O)N1c2cc(N)c(-c3cnn(C4CC4)c3)cc2N(C(=O)OC(C)C)C[C@@H]1C. The number of amides is 2. The molecule has 2 aromatic rings. The van der Waals surface area contributed by atoms with E-state index in [1.165, 1.54) is 6.92 Å². The Morgan fingerprint density at radius 3 is 2.59 bits per heavy atom. The summed E-state index contributed by atoms with van der Waals surface area (Å²) < 4.78 is 7.41. The van der Waals surface area contributed by atoms with Crippen LogP contribution < -0.4 is 15.5 Å². The molecule has 2 N–H and O–H groups in total. The first-order valence-electron chi connectivity index (χ1n) is 10.0. The van der Waals surface area contributed by atoms with Gasteiger partial charge in [-0.2, -0.15) is 5.10 Å². The average Bonchev–Trinajstić information content (AvgIpc) is 3.37. The first-order chi connectivity index (χ1) is 13.8. The second kappa shape index (κ2) is 7.09. The third-order valence-electron chi connectivity index (χ3n) is 5.31. The third-order valence-corrected chi connectivity index (χ3v) is 5.31. The van der Waals surface area contributed by atoms with Gasteiger partial charge in [0.2, 0.25) is 5.91 Å². The summed E-state index contributed by atoms with van der Waals surface area (Å²) in [7, 11) is 0. The summed E-state index contributed by atoms with van der Waals surface area (Å²) >= 11 is 0. The molecule has 1 atom stereocenters. The van der Waals surface area contributed by atoms with Crippen molar-refractivity contribution in [2.45, 2.75) is 58.7 Å². The molecule has 8 heteroatoms. The summed E-state index contributed by atoms with van der Waals surface area (Å²) in [6, 6.07) is 3.91. The summed E-state index contributed by atoms with van der Waals surface area (Å²) in [6.45, 7) is 7.40. The molecule has 0 saturated heterocycles. The van der Waals surface area contributed by atoms with Crippen LogP contribution in [-0.2, 0) is 9.53 Å². The van der Waals surface area contributed by atoms with E-state index in [9.17, 15) is 9.59 Å². The van der Waals surface area contributed by atoms with E-state index in [0.29, 0.717) is 29.6 Å². The molecule has 2 amide bonds. The van der Waals surface area contributed by atoms with Gasteiger partial charge in [-0.25, -0.2) is 4.79 Å². The first-order valence-corrected chi connectivity index (χ1v) is 10.0. The van der Waals surface area contributed by atoms with Crippen molar-refractivity contribution in [3.63, 3.8) is 0 Å². The highest BCUT2D eigenvalue weighted by Gasteiger charge is 2.35. The third kappa shape index (κ3) is 3.54. The number of carbonyl (C=O) groups excluding carboxylic acids is 2. The number of nitrogen functional groups attached to an aromatic ring is 1. The lowest BCUT2D eigenvalue weighted by atomic mass is 10.0. The maximum absolute atomic E-state index is 12.8. The molecule has 1 aromatic heterocycles. The molecule has 29 heavy (non-hydrogen) atoms. The van der Waals surface area contributed by atoms with E-state index in [4.69, 9.17) is 10.5 Å². The fourth-order valence-corrected chi connectivity index (χ4v) is 3.87. The van der Waals surface area contributed by atoms with Gasteiger partial charge in [-0.05, 0) is 45.7 Å². The van der Waals surface area contributed by atoms with Gasteiger partial charge in [0, 0.05) is 36.5 Å². The lowest BCUT2D eigenvalue weighted by Crippen LogP contribution is -2.51. The number of aromatic nitrogens is 2. The minimum absolute atomic E-state index is 0.0932. The predicted molar refractivity (Wildman–Crippen MR) is 112 cm³/mol. The van der Waals surface area contributed by atoms with Crippen molar-refractivity contribution < 1.29 is 14.3 Å². The molecular formula is C21H27N5O3. The standard InChI is InChI=1S/C21H27N5O3/c1-12(2)29-21(28)24-10-13(3)26(14(4)27)20-8-18(22)17(7-19(20)24)15-9-23-25(11-15)16-5-6-16/h7-9,11-13,16H,5-6,10,22H2,1-4H3/t13-/m0/s1. The van der Waals surface area contributed by atoms with Crippen LogP contribution in [0.25, 0.3) is 11.1 Å². The zero-order chi connectivity index (χ0) is 20.9. The highest BCUT2D eigenvalue weighted by molar-refractivity contribution is 6.04. The molecule has 8 nitrogen and oxygen atoms in total. The van der Waals surface area contributed by atoms with E-state index >= 15 is 0 Å². The molecule has 1 aliphatic carbocycles. The smallest absolute Gasteiger partial charge is 0.414 e. The number of hydrogen-bond acceptors (Lipinski definition) is 5. The van der Waals surface area contributed by atoms with Crippen LogP contribution in [0.4, 0.5) is 21.9 Å². The van der Waals surface area contributed by atoms with Gasteiger partial charge >= 0.3 is 6.09 Å². The maximum atomic E-state index is 12.8. The minimum atomic E-state index is -0.430.